The second kappa shape index (κ2) is 13.0. The smallest absolute Gasteiger partial charge is 0.306 e. The number of hydrogen-bond donors (Lipinski definition) is 1. The number of esters is 1. The standard InChI is InChI=1S/C34H44N4O6/c1-22(36-16-18-37(19-17-36)32(41)25-12-13-25)24-10-8-23(9-11-24)21-43-29-7-5-6-26-27(29)20-38(33(26)42)28(31(35)40)14-15-30(39)44-34(2,3)4/h5-11,22,25,28H,12-21H2,1-4H3,(H2,35,40). The highest BCUT2D eigenvalue weighted by Gasteiger charge is 2.38. The number of amides is 3. The molecule has 2 fully saturated rings. The predicted octanol–water partition coefficient (Wildman–Crippen LogP) is 3.81. The van der Waals surface area contributed by atoms with E-state index in [1.165, 1.54) is 10.5 Å². The van der Waals surface area contributed by atoms with E-state index in [4.69, 9.17) is 15.2 Å². The first kappa shape index (κ1) is 31.5. The number of rotatable bonds is 11. The number of nitrogens with zero attached hydrogens (tertiary/aromatic N) is 3. The Kier molecular flexibility index (Phi) is 9.29. The highest BCUT2D eigenvalue weighted by molar-refractivity contribution is 6.01. The molecule has 2 aliphatic heterocycles. The molecule has 2 aromatic rings. The highest BCUT2D eigenvalue weighted by atomic mass is 16.6. The second-order valence-electron chi connectivity index (χ2n) is 13.1. The fourth-order valence-corrected chi connectivity index (χ4v) is 5.99. The fourth-order valence-electron chi connectivity index (χ4n) is 5.99. The molecule has 2 atom stereocenters. The molecule has 10 heteroatoms. The van der Waals surface area contributed by atoms with Crippen molar-refractivity contribution in [1.29, 1.82) is 0 Å². The Morgan fingerprint density at radius 1 is 1.00 bits per heavy atom. The molecule has 2 unspecified atom stereocenters. The van der Waals surface area contributed by atoms with E-state index in [1.807, 2.05) is 11.0 Å². The van der Waals surface area contributed by atoms with Crippen molar-refractivity contribution >= 4 is 23.7 Å². The Hall–Kier alpha value is -3.92. The highest BCUT2D eigenvalue weighted by Crippen LogP contribution is 2.34. The maximum atomic E-state index is 13.3. The summed E-state index contributed by atoms with van der Waals surface area (Å²) in [6, 6.07) is 12.9. The van der Waals surface area contributed by atoms with Crippen molar-refractivity contribution < 1.29 is 28.7 Å². The number of piperazine rings is 1. The summed E-state index contributed by atoms with van der Waals surface area (Å²) in [6.07, 6.45) is 2.14. The van der Waals surface area contributed by atoms with Gasteiger partial charge in [0.25, 0.3) is 5.91 Å². The van der Waals surface area contributed by atoms with Gasteiger partial charge in [-0.2, -0.15) is 0 Å². The lowest BCUT2D eigenvalue weighted by Crippen LogP contribution is -2.49. The Morgan fingerprint density at radius 2 is 1.68 bits per heavy atom. The predicted molar refractivity (Wildman–Crippen MR) is 164 cm³/mol. The van der Waals surface area contributed by atoms with Gasteiger partial charge in [-0.05, 0) is 70.2 Å². The molecule has 0 aromatic heterocycles. The zero-order valence-electron chi connectivity index (χ0n) is 26.2. The molecule has 0 spiro atoms. The van der Waals surface area contributed by atoms with E-state index in [-0.39, 0.29) is 37.3 Å². The Balaban J connectivity index is 1.17. The molecule has 0 bridgehead atoms. The Bertz CT molecular complexity index is 1390. The third-order valence-corrected chi connectivity index (χ3v) is 8.66. The van der Waals surface area contributed by atoms with E-state index in [1.54, 1.807) is 32.9 Å². The van der Waals surface area contributed by atoms with Gasteiger partial charge in [0.1, 0.15) is 24.0 Å². The van der Waals surface area contributed by atoms with E-state index in [0.29, 0.717) is 29.4 Å². The van der Waals surface area contributed by atoms with Gasteiger partial charge >= 0.3 is 5.97 Å². The van der Waals surface area contributed by atoms with Crippen molar-refractivity contribution in [3.63, 3.8) is 0 Å². The van der Waals surface area contributed by atoms with Crippen LogP contribution in [0.5, 0.6) is 5.75 Å². The molecule has 0 radical (unpaired) electrons. The lowest BCUT2D eigenvalue weighted by molar-refractivity contribution is -0.155. The normalized spacial score (nSPS) is 18.5. The quantitative estimate of drug-likeness (QED) is 0.387. The number of fused-ring (bicyclic) bond motifs is 1. The van der Waals surface area contributed by atoms with Crippen molar-refractivity contribution in [3.05, 3.63) is 64.7 Å². The number of nitrogens with two attached hydrogens (primary N) is 1. The van der Waals surface area contributed by atoms with E-state index in [0.717, 1.165) is 44.6 Å². The summed E-state index contributed by atoms with van der Waals surface area (Å²) in [4.78, 5) is 56.1. The van der Waals surface area contributed by atoms with Crippen LogP contribution in [0.25, 0.3) is 0 Å². The molecule has 44 heavy (non-hydrogen) atoms. The average molecular weight is 605 g/mol. The third kappa shape index (κ3) is 7.41. The summed E-state index contributed by atoms with van der Waals surface area (Å²) in [7, 11) is 0. The monoisotopic (exact) mass is 604 g/mol. The summed E-state index contributed by atoms with van der Waals surface area (Å²) in [6.45, 7) is 11.3. The molecule has 5 rings (SSSR count). The van der Waals surface area contributed by atoms with Crippen LogP contribution in [0.1, 0.15) is 86.5 Å². The fraction of sp³-hybridized carbons (Fsp3) is 0.529. The Morgan fingerprint density at radius 3 is 2.30 bits per heavy atom. The van der Waals surface area contributed by atoms with Crippen molar-refractivity contribution in [2.75, 3.05) is 26.2 Å². The molecular weight excluding hydrogens is 560 g/mol. The van der Waals surface area contributed by atoms with Gasteiger partial charge in [-0.3, -0.25) is 24.1 Å². The van der Waals surface area contributed by atoms with Crippen LogP contribution in [0.2, 0.25) is 0 Å². The Labute approximate surface area is 259 Å². The first-order valence-corrected chi connectivity index (χ1v) is 15.6. The van der Waals surface area contributed by atoms with Crippen LogP contribution in [0.15, 0.2) is 42.5 Å². The van der Waals surface area contributed by atoms with E-state index in [2.05, 4.69) is 36.1 Å². The molecule has 2 aromatic carbocycles. The summed E-state index contributed by atoms with van der Waals surface area (Å²) >= 11 is 0. The molecule has 2 N–H and O–H groups in total. The van der Waals surface area contributed by atoms with Gasteiger partial charge in [-0.15, -0.1) is 0 Å². The number of primary amides is 1. The van der Waals surface area contributed by atoms with Gasteiger partial charge in [0, 0.05) is 55.7 Å². The van der Waals surface area contributed by atoms with E-state index in [9.17, 15) is 19.2 Å². The number of carbonyl (C=O) groups is 4. The van der Waals surface area contributed by atoms with Crippen molar-refractivity contribution in [3.8, 4) is 5.75 Å². The van der Waals surface area contributed by atoms with Crippen molar-refractivity contribution in [2.45, 2.75) is 84.2 Å². The van der Waals surface area contributed by atoms with Gasteiger partial charge in [0.2, 0.25) is 11.8 Å². The van der Waals surface area contributed by atoms with Crippen LogP contribution < -0.4 is 10.5 Å². The molecule has 1 aliphatic carbocycles. The second-order valence-corrected chi connectivity index (χ2v) is 13.1. The molecule has 1 saturated heterocycles. The largest absolute Gasteiger partial charge is 0.489 e. The summed E-state index contributed by atoms with van der Waals surface area (Å²) in [5.41, 5.74) is 8.40. The van der Waals surface area contributed by atoms with Crippen molar-refractivity contribution in [2.24, 2.45) is 11.7 Å². The number of hydrogen-bond acceptors (Lipinski definition) is 7. The average Bonchev–Trinajstić information content (AvgIpc) is 3.79. The first-order valence-electron chi connectivity index (χ1n) is 15.6. The van der Waals surface area contributed by atoms with Gasteiger partial charge < -0.3 is 25.0 Å². The van der Waals surface area contributed by atoms with Gasteiger partial charge in [-0.1, -0.05) is 30.3 Å². The van der Waals surface area contributed by atoms with Gasteiger partial charge in [0.15, 0.2) is 0 Å². The van der Waals surface area contributed by atoms with Crippen LogP contribution in [0.4, 0.5) is 0 Å². The van der Waals surface area contributed by atoms with Crippen LogP contribution in [-0.4, -0.2) is 76.2 Å². The minimum atomic E-state index is -0.938. The third-order valence-electron chi connectivity index (χ3n) is 8.66. The van der Waals surface area contributed by atoms with Gasteiger partial charge in [0.05, 0.1) is 6.54 Å². The van der Waals surface area contributed by atoms with Gasteiger partial charge in [-0.25, -0.2) is 0 Å². The summed E-state index contributed by atoms with van der Waals surface area (Å²) in [5, 5.41) is 0. The number of ether oxygens (including phenoxy) is 2. The van der Waals surface area contributed by atoms with Crippen LogP contribution in [-0.2, 0) is 32.3 Å². The van der Waals surface area contributed by atoms with Crippen LogP contribution in [0.3, 0.4) is 0 Å². The zero-order valence-corrected chi connectivity index (χ0v) is 26.2. The topological polar surface area (TPSA) is 122 Å². The molecule has 10 nitrogen and oxygen atoms in total. The number of carbonyl (C=O) groups excluding carboxylic acids is 4. The zero-order chi connectivity index (χ0) is 31.6. The lowest BCUT2D eigenvalue weighted by atomic mass is 10.0. The van der Waals surface area contributed by atoms with Crippen LogP contribution in [0, 0.1) is 5.92 Å². The van der Waals surface area contributed by atoms with Crippen LogP contribution >= 0.6 is 0 Å². The number of benzene rings is 2. The SMILES string of the molecule is CC(c1ccc(COc2cccc3c2CN(C(CCC(=O)OC(C)(C)C)C(N)=O)C3=O)cc1)N1CCN(C(=O)C2CC2)CC1. The van der Waals surface area contributed by atoms with Crippen molar-refractivity contribution in [1.82, 2.24) is 14.7 Å². The minimum absolute atomic E-state index is 0.0285. The first-order chi connectivity index (χ1) is 20.9. The maximum Gasteiger partial charge on any atom is 0.306 e. The molecule has 236 valence electrons. The maximum absolute atomic E-state index is 13.3. The summed E-state index contributed by atoms with van der Waals surface area (Å²) < 4.78 is 11.5. The minimum Gasteiger partial charge on any atom is -0.489 e. The molecule has 1 saturated carbocycles. The molecule has 2 heterocycles. The molecule has 3 aliphatic rings. The summed E-state index contributed by atoms with van der Waals surface area (Å²) in [5.74, 6) is -0.249. The van der Waals surface area contributed by atoms with E-state index < -0.39 is 23.5 Å². The molecular formula is C34H44N4O6. The van der Waals surface area contributed by atoms with E-state index >= 15 is 0 Å². The molecule has 3 amide bonds. The lowest BCUT2D eigenvalue weighted by Gasteiger charge is -2.38.